The molecule has 3 aromatic heterocycles. The van der Waals surface area contributed by atoms with Gasteiger partial charge in [-0.05, 0) is 67.6 Å². The highest BCUT2D eigenvalue weighted by molar-refractivity contribution is 7.21. The number of aromatic carboxylic acids is 1. The summed E-state index contributed by atoms with van der Waals surface area (Å²) in [6.07, 6.45) is 5.05. The number of benzene rings is 1. The molecule has 4 heterocycles. The van der Waals surface area contributed by atoms with Gasteiger partial charge in [0.25, 0.3) is 0 Å². The average molecular weight is 480 g/mol. The first-order valence-electron chi connectivity index (χ1n) is 10.8. The number of piperidine rings is 1. The van der Waals surface area contributed by atoms with E-state index in [1.165, 1.54) is 6.42 Å². The Hall–Kier alpha value is -3.16. The van der Waals surface area contributed by atoms with Crippen molar-refractivity contribution in [3.8, 4) is 22.6 Å². The Morgan fingerprint density at radius 2 is 1.94 bits per heavy atom. The van der Waals surface area contributed by atoms with Crippen molar-refractivity contribution >= 4 is 50.6 Å². The van der Waals surface area contributed by atoms with E-state index in [4.69, 9.17) is 26.0 Å². The number of hydrogen-bond donors (Lipinski definition) is 1. The summed E-state index contributed by atoms with van der Waals surface area (Å²) in [6.45, 7) is 3.82. The summed E-state index contributed by atoms with van der Waals surface area (Å²) in [5.41, 5.74) is 2.84. The zero-order valence-corrected chi connectivity index (χ0v) is 19.6. The molecule has 33 heavy (non-hydrogen) atoms. The van der Waals surface area contributed by atoms with Crippen LogP contribution in [-0.4, -0.2) is 39.9 Å². The third-order valence-electron chi connectivity index (χ3n) is 5.85. The number of furan rings is 1. The summed E-state index contributed by atoms with van der Waals surface area (Å²) in [7, 11) is 0. The predicted molar refractivity (Wildman–Crippen MR) is 133 cm³/mol. The number of thiophene rings is 1. The first kappa shape index (κ1) is 21.7. The highest BCUT2D eigenvalue weighted by Gasteiger charge is 2.24. The second-order valence-corrected chi connectivity index (χ2v) is 9.45. The van der Waals surface area contributed by atoms with Crippen LogP contribution in [0, 0.1) is 0 Å². The van der Waals surface area contributed by atoms with Crippen LogP contribution in [0.3, 0.4) is 0 Å². The number of aliphatic imine (C=N–C) groups is 1. The molecule has 0 bridgehead atoms. The van der Waals surface area contributed by atoms with E-state index >= 15 is 0 Å². The third kappa shape index (κ3) is 4.26. The van der Waals surface area contributed by atoms with Crippen LogP contribution in [0.1, 0.15) is 35.9 Å². The van der Waals surface area contributed by atoms with Gasteiger partial charge in [0.2, 0.25) is 0 Å². The van der Waals surface area contributed by atoms with Gasteiger partial charge in [-0.3, -0.25) is 0 Å². The summed E-state index contributed by atoms with van der Waals surface area (Å²) in [5.74, 6) is 0.436. The SMILES string of the molecule is CC(=Nc1c(C(=O)O)sc2nc(-c3ccco3)cc(-c3ccc(Cl)cc3)c12)N1CCCCC1. The molecule has 1 aromatic carbocycles. The Kier molecular flexibility index (Phi) is 5.91. The molecule has 0 atom stereocenters. The standard InChI is InChI=1S/C25H22ClN3O3S/c1-15(29-11-3-2-4-12-29)27-22-21-18(16-7-9-17(26)10-8-16)14-19(20-6-5-13-32-20)28-24(21)33-23(22)25(30)31/h5-10,13-14H,2-4,11-12H2,1H3,(H,30,31). The van der Waals surface area contributed by atoms with E-state index in [2.05, 4.69) is 4.90 Å². The molecule has 0 spiro atoms. The van der Waals surface area contributed by atoms with E-state index in [-0.39, 0.29) is 4.88 Å². The van der Waals surface area contributed by atoms with Crippen molar-refractivity contribution in [3.63, 3.8) is 0 Å². The van der Waals surface area contributed by atoms with Gasteiger partial charge in [-0.2, -0.15) is 0 Å². The van der Waals surface area contributed by atoms with Crippen LogP contribution in [0.4, 0.5) is 5.69 Å². The maximum atomic E-state index is 12.2. The summed E-state index contributed by atoms with van der Waals surface area (Å²) >= 11 is 7.27. The van der Waals surface area contributed by atoms with Crippen molar-refractivity contribution in [1.82, 2.24) is 9.88 Å². The number of fused-ring (bicyclic) bond motifs is 1. The molecule has 1 N–H and O–H groups in total. The largest absolute Gasteiger partial charge is 0.477 e. The van der Waals surface area contributed by atoms with Crippen molar-refractivity contribution < 1.29 is 14.3 Å². The molecule has 1 fully saturated rings. The number of carboxylic acids is 1. The molecule has 5 rings (SSSR count). The van der Waals surface area contributed by atoms with E-state index in [9.17, 15) is 9.90 Å². The molecule has 8 heteroatoms. The van der Waals surface area contributed by atoms with Gasteiger partial charge in [-0.25, -0.2) is 14.8 Å². The van der Waals surface area contributed by atoms with Crippen LogP contribution < -0.4 is 0 Å². The fraction of sp³-hybridized carbons (Fsp3) is 0.240. The Balaban J connectivity index is 1.77. The van der Waals surface area contributed by atoms with Crippen LogP contribution in [0.2, 0.25) is 5.02 Å². The lowest BCUT2D eigenvalue weighted by Crippen LogP contribution is -2.33. The topological polar surface area (TPSA) is 78.9 Å². The molecule has 4 aromatic rings. The summed E-state index contributed by atoms with van der Waals surface area (Å²) in [5, 5.41) is 11.4. The van der Waals surface area contributed by atoms with Crippen molar-refractivity contribution in [2.24, 2.45) is 4.99 Å². The number of likely N-dealkylation sites (tertiary alicyclic amines) is 1. The molecule has 0 saturated carbocycles. The van der Waals surface area contributed by atoms with Crippen LogP contribution in [0.15, 0.2) is 58.1 Å². The number of pyridine rings is 1. The number of carbonyl (C=O) groups is 1. The first-order valence-corrected chi connectivity index (χ1v) is 12.0. The second-order valence-electron chi connectivity index (χ2n) is 8.01. The Labute approximate surface area is 200 Å². The summed E-state index contributed by atoms with van der Waals surface area (Å²) in [6, 6.07) is 13.1. The van der Waals surface area contributed by atoms with E-state index < -0.39 is 5.97 Å². The Bertz CT molecular complexity index is 1340. The zero-order valence-electron chi connectivity index (χ0n) is 18.0. The molecule has 1 aliphatic rings. The summed E-state index contributed by atoms with van der Waals surface area (Å²) in [4.78, 5) is 24.9. The van der Waals surface area contributed by atoms with Gasteiger partial charge in [0.1, 0.15) is 26.9 Å². The minimum atomic E-state index is -1.01. The number of amidine groups is 1. The van der Waals surface area contributed by atoms with E-state index in [0.717, 1.165) is 59.6 Å². The second kappa shape index (κ2) is 9.00. The fourth-order valence-electron chi connectivity index (χ4n) is 4.19. The highest BCUT2D eigenvalue weighted by atomic mass is 35.5. The minimum Gasteiger partial charge on any atom is -0.477 e. The van der Waals surface area contributed by atoms with Gasteiger partial charge < -0.3 is 14.4 Å². The average Bonchev–Trinajstić information content (AvgIpc) is 3.48. The molecule has 0 aliphatic carbocycles. The number of aromatic nitrogens is 1. The van der Waals surface area contributed by atoms with Gasteiger partial charge in [0.15, 0.2) is 5.76 Å². The van der Waals surface area contributed by atoms with Gasteiger partial charge in [-0.1, -0.05) is 23.7 Å². The highest BCUT2D eigenvalue weighted by Crippen LogP contribution is 2.44. The lowest BCUT2D eigenvalue weighted by Gasteiger charge is -2.28. The summed E-state index contributed by atoms with van der Waals surface area (Å²) < 4.78 is 5.58. The number of nitrogens with zero attached hydrogens (tertiary/aromatic N) is 3. The lowest BCUT2D eigenvalue weighted by molar-refractivity contribution is 0.0703. The third-order valence-corrected chi connectivity index (χ3v) is 7.16. The van der Waals surface area contributed by atoms with Gasteiger partial charge in [-0.15, -0.1) is 11.3 Å². The molecular formula is C25H22ClN3O3S. The molecule has 0 unspecified atom stereocenters. The van der Waals surface area contributed by atoms with Crippen LogP contribution in [0.25, 0.3) is 32.8 Å². The van der Waals surface area contributed by atoms with E-state index in [1.54, 1.807) is 12.3 Å². The Morgan fingerprint density at radius 3 is 2.61 bits per heavy atom. The maximum absolute atomic E-state index is 12.2. The van der Waals surface area contributed by atoms with Crippen molar-refractivity contribution in [2.75, 3.05) is 13.1 Å². The van der Waals surface area contributed by atoms with Gasteiger partial charge in [0.05, 0.1) is 6.26 Å². The number of carboxylic acid groups (broad SMARTS) is 1. The van der Waals surface area contributed by atoms with Crippen LogP contribution in [0.5, 0.6) is 0 Å². The smallest absolute Gasteiger partial charge is 0.348 e. The van der Waals surface area contributed by atoms with E-state index in [0.29, 0.717) is 27.0 Å². The van der Waals surface area contributed by atoms with Crippen molar-refractivity contribution in [3.05, 3.63) is 58.6 Å². The monoisotopic (exact) mass is 479 g/mol. The predicted octanol–water partition coefficient (Wildman–Crippen LogP) is 7.11. The zero-order chi connectivity index (χ0) is 22.9. The normalized spacial score (nSPS) is 14.7. The number of halogens is 1. The Morgan fingerprint density at radius 1 is 1.18 bits per heavy atom. The van der Waals surface area contributed by atoms with Gasteiger partial charge >= 0.3 is 5.97 Å². The van der Waals surface area contributed by atoms with E-state index in [1.807, 2.05) is 43.3 Å². The van der Waals surface area contributed by atoms with Crippen LogP contribution >= 0.6 is 22.9 Å². The van der Waals surface area contributed by atoms with Crippen LogP contribution in [-0.2, 0) is 0 Å². The first-order chi connectivity index (χ1) is 16.0. The molecule has 0 radical (unpaired) electrons. The quantitative estimate of drug-likeness (QED) is 0.249. The molecule has 6 nitrogen and oxygen atoms in total. The molecule has 1 aliphatic heterocycles. The van der Waals surface area contributed by atoms with Crippen molar-refractivity contribution in [2.45, 2.75) is 26.2 Å². The number of rotatable bonds is 4. The van der Waals surface area contributed by atoms with Gasteiger partial charge in [0, 0.05) is 23.5 Å². The number of hydrogen-bond acceptors (Lipinski definition) is 5. The molecule has 168 valence electrons. The molecule has 0 amide bonds. The maximum Gasteiger partial charge on any atom is 0.348 e. The fourth-order valence-corrected chi connectivity index (χ4v) is 5.30. The lowest BCUT2D eigenvalue weighted by atomic mass is 10.0. The van der Waals surface area contributed by atoms with Crippen molar-refractivity contribution in [1.29, 1.82) is 0 Å². The molecule has 1 saturated heterocycles. The minimum absolute atomic E-state index is 0.181. The molecular weight excluding hydrogens is 458 g/mol.